The Morgan fingerprint density at radius 3 is 1.37 bits per heavy atom. The lowest BCUT2D eigenvalue weighted by molar-refractivity contribution is -0.783. The first-order valence-corrected chi connectivity index (χ1v) is 5.14. The largest absolute Gasteiger partial charge is 0.311 e. The highest BCUT2D eigenvalue weighted by atomic mass is 17.0. The van der Waals surface area contributed by atoms with Crippen molar-refractivity contribution in [3.8, 4) is 0 Å². The second-order valence-electron chi connectivity index (χ2n) is 3.70. The lowest BCUT2D eigenvalue weighted by Gasteiger charge is -2.20. The molecule has 0 aliphatic carbocycles. The molecule has 0 radical (unpaired) electrons. The van der Waals surface area contributed by atoms with Crippen LogP contribution in [0.5, 0.6) is 0 Å². The van der Waals surface area contributed by atoms with Gasteiger partial charge in [0, 0.05) is 12.8 Å². The molecule has 0 saturated heterocycles. The van der Waals surface area contributed by atoms with Crippen LogP contribution in [0, 0.1) is 30.3 Å². The second-order valence-corrected chi connectivity index (χ2v) is 3.70. The van der Waals surface area contributed by atoms with Crippen LogP contribution in [-0.2, 0) is 14.5 Å². The standard InChI is InChI=1S/C7H13N3O9/c1-5(17-8(11)12)3-7(19-10(15)16)4-6(2)18-9(13)14/h5-7H,3-4H2,1-2H3. The molecule has 0 spiro atoms. The van der Waals surface area contributed by atoms with Crippen molar-refractivity contribution in [2.75, 3.05) is 0 Å². The van der Waals surface area contributed by atoms with E-state index in [1.54, 1.807) is 0 Å². The minimum atomic E-state index is -1.11. The third kappa shape index (κ3) is 9.31. The van der Waals surface area contributed by atoms with Gasteiger partial charge in [-0.1, -0.05) is 0 Å². The van der Waals surface area contributed by atoms with Crippen molar-refractivity contribution in [1.82, 2.24) is 0 Å². The van der Waals surface area contributed by atoms with E-state index in [-0.39, 0.29) is 12.8 Å². The van der Waals surface area contributed by atoms with E-state index >= 15 is 0 Å². The summed E-state index contributed by atoms with van der Waals surface area (Å²) in [6.07, 6.45) is -3.40. The molecule has 12 nitrogen and oxygen atoms in total. The van der Waals surface area contributed by atoms with Gasteiger partial charge in [-0.3, -0.25) is 0 Å². The van der Waals surface area contributed by atoms with Gasteiger partial charge in [-0.15, -0.1) is 30.3 Å². The molecular weight excluding hydrogens is 270 g/mol. The Morgan fingerprint density at radius 2 is 1.11 bits per heavy atom. The summed E-state index contributed by atoms with van der Waals surface area (Å²) in [5, 5.41) is 27.2. The minimum absolute atomic E-state index is 0.187. The second kappa shape index (κ2) is 7.84. The summed E-state index contributed by atoms with van der Waals surface area (Å²) in [7, 11) is 0. The SMILES string of the molecule is CC(CC(CC(C)O[N+](=O)[O-])O[N+](=O)[O-])O[N+](=O)[O-]. The van der Waals surface area contributed by atoms with Gasteiger partial charge >= 0.3 is 0 Å². The van der Waals surface area contributed by atoms with E-state index in [4.69, 9.17) is 0 Å². The summed E-state index contributed by atoms with van der Waals surface area (Å²) in [5.41, 5.74) is 0. The molecule has 0 aliphatic heterocycles. The Labute approximate surface area is 106 Å². The van der Waals surface area contributed by atoms with Crippen molar-refractivity contribution in [2.45, 2.75) is 45.0 Å². The molecule has 0 aromatic rings. The van der Waals surface area contributed by atoms with Crippen LogP contribution >= 0.6 is 0 Å². The molecule has 0 bridgehead atoms. The number of hydrogen-bond donors (Lipinski definition) is 0. The van der Waals surface area contributed by atoms with Crippen molar-refractivity contribution in [1.29, 1.82) is 0 Å². The topological polar surface area (TPSA) is 157 Å². The summed E-state index contributed by atoms with van der Waals surface area (Å²) in [6.45, 7) is 2.64. The zero-order valence-corrected chi connectivity index (χ0v) is 10.2. The van der Waals surface area contributed by atoms with Crippen LogP contribution in [0.2, 0.25) is 0 Å². The first-order chi connectivity index (χ1) is 8.70. The van der Waals surface area contributed by atoms with Crippen LogP contribution in [0.3, 0.4) is 0 Å². The van der Waals surface area contributed by atoms with E-state index < -0.39 is 33.6 Å². The Hall–Kier alpha value is -2.40. The molecule has 0 N–H and O–H groups in total. The molecule has 0 aromatic heterocycles. The van der Waals surface area contributed by atoms with Gasteiger partial charge in [0.15, 0.2) is 0 Å². The van der Waals surface area contributed by atoms with Crippen molar-refractivity contribution < 1.29 is 29.8 Å². The highest BCUT2D eigenvalue weighted by Gasteiger charge is 2.23. The van der Waals surface area contributed by atoms with Gasteiger partial charge in [0.2, 0.25) is 0 Å². The lowest BCUT2D eigenvalue weighted by Crippen LogP contribution is -2.29. The summed E-state index contributed by atoms with van der Waals surface area (Å²) in [4.78, 5) is 43.0. The summed E-state index contributed by atoms with van der Waals surface area (Å²) in [6, 6.07) is 0. The van der Waals surface area contributed by atoms with Crippen LogP contribution in [0.15, 0.2) is 0 Å². The normalized spacial score (nSPS) is 14.8. The summed E-state index contributed by atoms with van der Waals surface area (Å²) in [5.74, 6) is 0. The maximum atomic E-state index is 10.3. The minimum Gasteiger partial charge on any atom is -0.311 e. The number of hydrogen-bond acceptors (Lipinski definition) is 9. The van der Waals surface area contributed by atoms with Gasteiger partial charge in [-0.2, -0.15) is 0 Å². The van der Waals surface area contributed by atoms with Gasteiger partial charge in [-0.25, -0.2) is 0 Å². The highest BCUT2D eigenvalue weighted by Crippen LogP contribution is 2.14. The molecule has 0 aliphatic rings. The van der Waals surface area contributed by atoms with Gasteiger partial charge < -0.3 is 14.5 Å². The Morgan fingerprint density at radius 1 is 0.789 bits per heavy atom. The molecule has 19 heavy (non-hydrogen) atoms. The van der Waals surface area contributed by atoms with Gasteiger partial charge in [0.05, 0.1) is 0 Å². The van der Waals surface area contributed by atoms with Crippen LogP contribution in [0.25, 0.3) is 0 Å². The highest BCUT2D eigenvalue weighted by molar-refractivity contribution is 4.64. The molecule has 12 heteroatoms. The van der Waals surface area contributed by atoms with Crippen molar-refractivity contribution in [2.24, 2.45) is 0 Å². The average Bonchev–Trinajstić information content (AvgIpc) is 2.11. The third-order valence-electron chi connectivity index (χ3n) is 1.96. The first-order valence-electron chi connectivity index (χ1n) is 5.14. The van der Waals surface area contributed by atoms with E-state index in [2.05, 4.69) is 14.5 Å². The van der Waals surface area contributed by atoms with Crippen molar-refractivity contribution in [3.63, 3.8) is 0 Å². The van der Waals surface area contributed by atoms with Crippen LogP contribution in [0.1, 0.15) is 26.7 Å². The van der Waals surface area contributed by atoms with Gasteiger partial charge in [0.1, 0.15) is 18.3 Å². The quantitative estimate of drug-likeness (QED) is 0.411. The molecular formula is C7H13N3O9. The predicted molar refractivity (Wildman–Crippen MR) is 56.2 cm³/mol. The molecule has 0 aromatic carbocycles. The van der Waals surface area contributed by atoms with E-state index in [9.17, 15) is 30.3 Å². The summed E-state index contributed by atoms with van der Waals surface area (Å²) < 4.78 is 0. The van der Waals surface area contributed by atoms with E-state index in [0.29, 0.717) is 0 Å². The zero-order chi connectivity index (χ0) is 15.0. The van der Waals surface area contributed by atoms with Crippen LogP contribution in [0.4, 0.5) is 0 Å². The smallest absolute Gasteiger partial charge is 0.294 e. The maximum absolute atomic E-state index is 10.3. The fourth-order valence-electron chi connectivity index (χ4n) is 1.42. The molecule has 2 atom stereocenters. The van der Waals surface area contributed by atoms with E-state index in [1.807, 2.05) is 0 Å². The lowest BCUT2D eigenvalue weighted by atomic mass is 10.1. The maximum Gasteiger partial charge on any atom is 0.294 e. The van der Waals surface area contributed by atoms with Crippen LogP contribution in [-0.4, -0.2) is 33.6 Å². The Kier molecular flexibility index (Phi) is 6.85. The Balaban J connectivity index is 4.40. The van der Waals surface area contributed by atoms with Gasteiger partial charge in [0.25, 0.3) is 15.3 Å². The first kappa shape index (κ1) is 16.6. The molecule has 0 rings (SSSR count). The Bertz CT molecular complexity index is 312. The van der Waals surface area contributed by atoms with Crippen LogP contribution < -0.4 is 0 Å². The molecule has 0 fully saturated rings. The fourth-order valence-corrected chi connectivity index (χ4v) is 1.42. The summed E-state index contributed by atoms with van der Waals surface area (Å²) >= 11 is 0. The number of rotatable bonds is 10. The predicted octanol–water partition coefficient (Wildman–Crippen LogP) is 0.537. The zero-order valence-electron chi connectivity index (χ0n) is 10.2. The van der Waals surface area contributed by atoms with E-state index in [1.165, 1.54) is 13.8 Å². The molecule has 110 valence electrons. The molecule has 0 saturated carbocycles. The van der Waals surface area contributed by atoms with E-state index in [0.717, 1.165) is 0 Å². The van der Waals surface area contributed by atoms with Gasteiger partial charge in [-0.05, 0) is 13.8 Å². The van der Waals surface area contributed by atoms with Crippen molar-refractivity contribution >= 4 is 0 Å². The van der Waals surface area contributed by atoms with Crippen molar-refractivity contribution in [3.05, 3.63) is 30.3 Å². The molecule has 2 unspecified atom stereocenters. The monoisotopic (exact) mass is 283 g/mol. The third-order valence-corrected chi connectivity index (χ3v) is 1.96. The average molecular weight is 283 g/mol. The molecule has 0 amide bonds. The molecule has 0 heterocycles. The fraction of sp³-hybridized carbons (Fsp3) is 1.00. The number of nitrogens with zero attached hydrogens (tertiary/aromatic N) is 3.